The first-order valence-corrected chi connectivity index (χ1v) is 19.8. The minimum absolute atomic E-state index is 0.574. The van der Waals surface area contributed by atoms with Crippen molar-refractivity contribution in [3.05, 3.63) is 245 Å². The lowest BCUT2D eigenvalue weighted by Crippen LogP contribution is -2.09. The number of para-hydroxylation sites is 4. The number of rotatable bonds is 10. The summed E-state index contributed by atoms with van der Waals surface area (Å²) in [7, 11) is 0. The first kappa shape index (κ1) is 37.2. The molecule has 0 radical (unpaired) electrons. The standard InChI is InChI=1S/C56H38N4/c1-58-56-37-44(25-23-42-28-32-53(33-29-42)60(50-18-10-4-11-19-50)51-20-12-5-13-21-51)35-46-38-54-45(39-55(46)56)34-43(36-47(54)40-57)24-22-41-26-30-52(31-27-41)59(48-14-6-2-7-15-48)49-16-8-3-9-17-49/h2-39H/b24-22-,25-23-. The van der Waals surface area contributed by atoms with Crippen LogP contribution in [-0.4, -0.2) is 0 Å². The molecule has 4 heteroatoms. The van der Waals surface area contributed by atoms with Gasteiger partial charge < -0.3 is 9.80 Å². The largest absolute Gasteiger partial charge is 0.311 e. The Morgan fingerprint density at radius 1 is 0.383 bits per heavy atom. The molecule has 0 amide bonds. The molecule has 0 spiro atoms. The molecule has 0 heterocycles. The number of hydrogen-bond donors (Lipinski definition) is 0. The topological polar surface area (TPSA) is 34.6 Å². The van der Waals surface area contributed by atoms with Crippen LogP contribution in [0.15, 0.2) is 206 Å². The fourth-order valence-electron chi connectivity index (χ4n) is 7.68. The lowest BCUT2D eigenvalue weighted by Gasteiger charge is -2.25. The molecule has 0 N–H and O–H groups in total. The van der Waals surface area contributed by atoms with Crippen LogP contribution in [0.25, 0.3) is 50.7 Å². The summed E-state index contributed by atoms with van der Waals surface area (Å²) >= 11 is 0. The summed E-state index contributed by atoms with van der Waals surface area (Å²) in [6.45, 7) is 8.08. The minimum Gasteiger partial charge on any atom is -0.311 e. The number of benzene rings is 9. The van der Waals surface area contributed by atoms with Gasteiger partial charge in [-0.2, -0.15) is 5.26 Å². The molecule has 0 saturated carbocycles. The van der Waals surface area contributed by atoms with Crippen molar-refractivity contribution in [2.45, 2.75) is 0 Å². The molecular formula is C56H38N4. The van der Waals surface area contributed by atoms with E-state index < -0.39 is 0 Å². The zero-order valence-corrected chi connectivity index (χ0v) is 32.7. The maximum absolute atomic E-state index is 10.3. The second-order valence-electron chi connectivity index (χ2n) is 14.5. The maximum atomic E-state index is 10.3. The van der Waals surface area contributed by atoms with E-state index in [1.165, 1.54) is 0 Å². The third kappa shape index (κ3) is 7.91. The molecule has 282 valence electrons. The molecule has 0 aliphatic rings. The van der Waals surface area contributed by atoms with Crippen LogP contribution in [0.2, 0.25) is 0 Å². The quantitative estimate of drug-likeness (QED) is 0.0790. The fourth-order valence-corrected chi connectivity index (χ4v) is 7.68. The fraction of sp³-hybridized carbons (Fsp3) is 0. The van der Waals surface area contributed by atoms with E-state index in [4.69, 9.17) is 6.57 Å². The van der Waals surface area contributed by atoms with E-state index in [-0.39, 0.29) is 0 Å². The molecule has 0 saturated heterocycles. The van der Waals surface area contributed by atoms with Gasteiger partial charge in [0.1, 0.15) is 0 Å². The van der Waals surface area contributed by atoms with Gasteiger partial charge in [-0.1, -0.05) is 127 Å². The van der Waals surface area contributed by atoms with Crippen LogP contribution in [0.4, 0.5) is 39.8 Å². The average molecular weight is 767 g/mol. The van der Waals surface area contributed by atoms with Crippen LogP contribution in [0, 0.1) is 17.9 Å². The van der Waals surface area contributed by atoms with E-state index in [2.05, 4.69) is 191 Å². The lowest BCUT2D eigenvalue weighted by molar-refractivity contribution is 1.28. The van der Waals surface area contributed by atoms with Crippen LogP contribution in [0.1, 0.15) is 27.8 Å². The zero-order chi connectivity index (χ0) is 40.7. The van der Waals surface area contributed by atoms with Crippen molar-refractivity contribution in [2.24, 2.45) is 0 Å². The van der Waals surface area contributed by atoms with Gasteiger partial charge in [-0.3, -0.25) is 0 Å². The maximum Gasteiger partial charge on any atom is 0.195 e. The van der Waals surface area contributed by atoms with Crippen molar-refractivity contribution in [2.75, 3.05) is 9.80 Å². The first-order valence-electron chi connectivity index (χ1n) is 19.8. The highest BCUT2D eigenvalue weighted by atomic mass is 15.1. The molecule has 60 heavy (non-hydrogen) atoms. The Hall–Kier alpha value is -8.44. The Morgan fingerprint density at radius 2 is 0.733 bits per heavy atom. The third-order valence-electron chi connectivity index (χ3n) is 10.6. The molecule has 0 atom stereocenters. The summed E-state index contributed by atoms with van der Waals surface area (Å²) in [6.07, 6.45) is 8.24. The number of fused-ring (bicyclic) bond motifs is 2. The van der Waals surface area contributed by atoms with Crippen molar-refractivity contribution in [3.63, 3.8) is 0 Å². The van der Waals surface area contributed by atoms with E-state index in [0.29, 0.717) is 11.3 Å². The number of hydrogen-bond acceptors (Lipinski definition) is 3. The smallest absolute Gasteiger partial charge is 0.195 e. The Morgan fingerprint density at radius 3 is 1.13 bits per heavy atom. The van der Waals surface area contributed by atoms with Crippen LogP contribution in [-0.2, 0) is 0 Å². The molecule has 0 aromatic heterocycles. The molecule has 9 rings (SSSR count). The molecule has 0 fully saturated rings. The highest BCUT2D eigenvalue weighted by Gasteiger charge is 2.14. The van der Waals surface area contributed by atoms with Crippen molar-refractivity contribution in [1.29, 1.82) is 5.26 Å². The highest BCUT2D eigenvalue weighted by molar-refractivity contribution is 6.07. The van der Waals surface area contributed by atoms with Crippen molar-refractivity contribution in [3.8, 4) is 6.07 Å². The lowest BCUT2D eigenvalue weighted by atomic mass is 9.95. The predicted octanol–water partition coefficient (Wildman–Crippen LogP) is 15.7. The van der Waals surface area contributed by atoms with E-state index in [1.807, 2.05) is 60.7 Å². The van der Waals surface area contributed by atoms with Gasteiger partial charge in [0.25, 0.3) is 0 Å². The van der Waals surface area contributed by atoms with Gasteiger partial charge in [0.15, 0.2) is 5.69 Å². The van der Waals surface area contributed by atoms with Crippen LogP contribution in [0.5, 0.6) is 0 Å². The second kappa shape index (κ2) is 17.0. The summed E-state index contributed by atoms with van der Waals surface area (Å²) in [5, 5.41) is 13.9. The number of nitrogens with zero attached hydrogens (tertiary/aromatic N) is 4. The van der Waals surface area contributed by atoms with E-state index in [1.54, 1.807) is 0 Å². The molecule has 4 nitrogen and oxygen atoms in total. The summed E-state index contributed by atoms with van der Waals surface area (Å²) in [5.41, 5.74) is 11.6. The SMILES string of the molecule is [C-]#[N+]c1cc(/C=C\c2ccc(N(c3ccccc3)c3ccccc3)cc2)cc2cc3c(C#N)cc(/C=C\c4ccc(N(c5ccccc5)c5ccccc5)cc4)cc3cc12. The molecule has 0 unspecified atom stereocenters. The minimum atomic E-state index is 0.574. The molecule has 0 aliphatic carbocycles. The summed E-state index contributed by atoms with van der Waals surface area (Å²) < 4.78 is 0. The summed E-state index contributed by atoms with van der Waals surface area (Å²) in [4.78, 5) is 8.41. The monoisotopic (exact) mass is 766 g/mol. The van der Waals surface area contributed by atoms with Gasteiger partial charge in [0.05, 0.1) is 18.2 Å². The zero-order valence-electron chi connectivity index (χ0n) is 32.7. The van der Waals surface area contributed by atoms with Gasteiger partial charge in [-0.05, 0) is 142 Å². The molecule has 0 aliphatic heterocycles. The van der Waals surface area contributed by atoms with Crippen LogP contribution in [0.3, 0.4) is 0 Å². The Bertz CT molecular complexity index is 2780. The van der Waals surface area contributed by atoms with E-state index in [9.17, 15) is 5.26 Å². The van der Waals surface area contributed by atoms with Crippen LogP contribution >= 0.6 is 0 Å². The van der Waals surface area contributed by atoms with Crippen LogP contribution < -0.4 is 9.80 Å². The van der Waals surface area contributed by atoms with Gasteiger partial charge in [0, 0.05) is 39.5 Å². The molecule has 9 aromatic carbocycles. The Kier molecular flexibility index (Phi) is 10.5. The second-order valence-corrected chi connectivity index (χ2v) is 14.5. The van der Waals surface area contributed by atoms with E-state index >= 15 is 0 Å². The highest BCUT2D eigenvalue weighted by Crippen LogP contribution is 2.37. The first-order chi connectivity index (χ1) is 29.6. The summed E-state index contributed by atoms with van der Waals surface area (Å²) in [5.74, 6) is 0. The number of anilines is 6. The Labute approximate surface area is 350 Å². The van der Waals surface area contributed by atoms with Gasteiger partial charge in [-0.15, -0.1) is 0 Å². The molecule has 0 bridgehead atoms. The molecule has 9 aromatic rings. The number of nitriles is 1. The third-order valence-corrected chi connectivity index (χ3v) is 10.6. The van der Waals surface area contributed by atoms with Gasteiger partial charge in [0.2, 0.25) is 0 Å². The van der Waals surface area contributed by atoms with Crippen molar-refractivity contribution in [1.82, 2.24) is 0 Å². The normalized spacial score (nSPS) is 11.2. The molecular weight excluding hydrogens is 729 g/mol. The predicted molar refractivity (Wildman–Crippen MR) is 253 cm³/mol. The summed E-state index contributed by atoms with van der Waals surface area (Å²) in [6, 6.07) is 73.0. The van der Waals surface area contributed by atoms with Crippen molar-refractivity contribution >= 4 is 85.7 Å². The Balaban J connectivity index is 0.972. The average Bonchev–Trinajstić information content (AvgIpc) is 3.31. The van der Waals surface area contributed by atoms with Gasteiger partial charge >= 0.3 is 0 Å². The van der Waals surface area contributed by atoms with E-state index in [0.717, 1.165) is 77.9 Å². The van der Waals surface area contributed by atoms with Gasteiger partial charge in [-0.25, -0.2) is 4.85 Å². The van der Waals surface area contributed by atoms with Crippen molar-refractivity contribution < 1.29 is 0 Å².